The number of nitrogens with zero attached hydrogens (tertiary/aromatic N) is 1. The van der Waals surface area contributed by atoms with Crippen molar-refractivity contribution in [2.45, 2.75) is 47.0 Å². The number of nitrogens with one attached hydrogen (secondary N) is 1. The van der Waals surface area contributed by atoms with E-state index in [1.54, 1.807) is 0 Å². The Hall–Kier alpha value is -0.0800. The van der Waals surface area contributed by atoms with Crippen LogP contribution in [0.5, 0.6) is 0 Å². The van der Waals surface area contributed by atoms with Gasteiger partial charge in [0.2, 0.25) is 0 Å². The normalized spacial score (nSPS) is 15.6. The molecule has 0 aliphatic rings. The van der Waals surface area contributed by atoms with Gasteiger partial charge in [-0.3, -0.25) is 0 Å². The van der Waals surface area contributed by atoms with Gasteiger partial charge in [-0.15, -0.1) is 0 Å². The summed E-state index contributed by atoms with van der Waals surface area (Å²) in [6.07, 6.45) is 3.86. The number of rotatable bonds is 9. The molecule has 15 heavy (non-hydrogen) atoms. The maximum atomic E-state index is 3.47. The van der Waals surface area contributed by atoms with E-state index in [1.165, 1.54) is 32.4 Å². The van der Waals surface area contributed by atoms with Gasteiger partial charge in [-0.05, 0) is 38.4 Å². The monoisotopic (exact) mass is 214 g/mol. The van der Waals surface area contributed by atoms with Crippen molar-refractivity contribution in [3.05, 3.63) is 0 Å². The molecule has 0 heterocycles. The Morgan fingerprint density at radius 3 is 2.33 bits per heavy atom. The van der Waals surface area contributed by atoms with Crippen LogP contribution in [0, 0.1) is 5.41 Å². The summed E-state index contributed by atoms with van der Waals surface area (Å²) in [5, 5.41) is 3.47. The van der Waals surface area contributed by atoms with E-state index in [1.807, 2.05) is 0 Å². The standard InChI is InChI=1S/C13H30N2/c1-6-9-10-15(5)12-13(4,7-2)11-14-8-3/h14H,6-12H2,1-5H3. The van der Waals surface area contributed by atoms with Crippen LogP contribution >= 0.6 is 0 Å². The van der Waals surface area contributed by atoms with E-state index in [4.69, 9.17) is 0 Å². The average molecular weight is 214 g/mol. The Morgan fingerprint density at radius 1 is 1.20 bits per heavy atom. The van der Waals surface area contributed by atoms with Crippen molar-refractivity contribution in [1.29, 1.82) is 0 Å². The van der Waals surface area contributed by atoms with Crippen LogP contribution in [0.15, 0.2) is 0 Å². The average Bonchev–Trinajstić information content (AvgIpc) is 2.23. The largest absolute Gasteiger partial charge is 0.316 e. The van der Waals surface area contributed by atoms with Crippen LogP contribution in [0.25, 0.3) is 0 Å². The van der Waals surface area contributed by atoms with Crippen LogP contribution in [-0.4, -0.2) is 38.1 Å². The van der Waals surface area contributed by atoms with Gasteiger partial charge < -0.3 is 10.2 Å². The highest BCUT2D eigenvalue weighted by atomic mass is 15.1. The Bertz CT molecular complexity index is 147. The van der Waals surface area contributed by atoms with E-state index in [0.29, 0.717) is 5.41 Å². The smallest absolute Gasteiger partial charge is 0.00443 e. The molecule has 0 radical (unpaired) electrons. The second-order valence-corrected chi connectivity index (χ2v) is 5.04. The fourth-order valence-electron chi connectivity index (χ4n) is 1.88. The second-order valence-electron chi connectivity index (χ2n) is 5.04. The maximum Gasteiger partial charge on any atom is 0.00443 e. The summed E-state index contributed by atoms with van der Waals surface area (Å²) < 4.78 is 0. The first-order valence-corrected chi connectivity index (χ1v) is 6.47. The van der Waals surface area contributed by atoms with Crippen LogP contribution in [0.2, 0.25) is 0 Å². The highest BCUT2D eigenvalue weighted by Gasteiger charge is 2.22. The topological polar surface area (TPSA) is 15.3 Å². The summed E-state index contributed by atoms with van der Waals surface area (Å²) in [5.41, 5.74) is 0.429. The molecule has 1 N–H and O–H groups in total. The lowest BCUT2D eigenvalue weighted by Crippen LogP contribution is -2.40. The van der Waals surface area contributed by atoms with Crippen LogP contribution in [0.1, 0.15) is 47.0 Å². The highest BCUT2D eigenvalue weighted by molar-refractivity contribution is 4.78. The first kappa shape index (κ1) is 14.9. The van der Waals surface area contributed by atoms with Crippen LogP contribution in [0.4, 0.5) is 0 Å². The van der Waals surface area contributed by atoms with Gasteiger partial charge in [-0.25, -0.2) is 0 Å². The molecule has 0 aromatic heterocycles. The van der Waals surface area contributed by atoms with Crippen molar-refractivity contribution < 1.29 is 0 Å². The molecule has 1 atom stereocenters. The van der Waals surface area contributed by atoms with Gasteiger partial charge in [0.05, 0.1) is 0 Å². The minimum Gasteiger partial charge on any atom is -0.316 e. The molecular weight excluding hydrogens is 184 g/mol. The Balaban J connectivity index is 3.93. The molecule has 0 spiro atoms. The van der Waals surface area contributed by atoms with Crippen molar-refractivity contribution in [2.75, 3.05) is 33.2 Å². The highest BCUT2D eigenvalue weighted by Crippen LogP contribution is 2.21. The molecule has 0 saturated heterocycles. The third-order valence-corrected chi connectivity index (χ3v) is 3.20. The minimum absolute atomic E-state index is 0.429. The number of unbranched alkanes of at least 4 members (excludes halogenated alkanes) is 1. The predicted octanol–water partition coefficient (Wildman–Crippen LogP) is 2.74. The van der Waals surface area contributed by atoms with Gasteiger partial charge in [-0.2, -0.15) is 0 Å². The van der Waals surface area contributed by atoms with Crippen molar-refractivity contribution in [2.24, 2.45) is 5.41 Å². The molecule has 2 nitrogen and oxygen atoms in total. The Morgan fingerprint density at radius 2 is 1.87 bits per heavy atom. The Kier molecular flexibility index (Phi) is 8.07. The maximum absolute atomic E-state index is 3.47. The molecule has 0 aromatic rings. The summed E-state index contributed by atoms with van der Waals surface area (Å²) in [7, 11) is 2.25. The van der Waals surface area contributed by atoms with Crippen molar-refractivity contribution in [3.8, 4) is 0 Å². The lowest BCUT2D eigenvalue weighted by molar-refractivity contribution is 0.179. The zero-order valence-electron chi connectivity index (χ0n) is 11.4. The molecule has 0 bridgehead atoms. The van der Waals surface area contributed by atoms with Gasteiger partial charge in [0.15, 0.2) is 0 Å². The second kappa shape index (κ2) is 8.12. The van der Waals surface area contributed by atoms with Gasteiger partial charge in [0.1, 0.15) is 0 Å². The molecule has 1 unspecified atom stereocenters. The first-order chi connectivity index (χ1) is 7.08. The molecule has 0 amide bonds. The first-order valence-electron chi connectivity index (χ1n) is 6.47. The van der Waals surface area contributed by atoms with Gasteiger partial charge >= 0.3 is 0 Å². The third-order valence-electron chi connectivity index (χ3n) is 3.20. The van der Waals surface area contributed by atoms with Crippen LogP contribution in [0.3, 0.4) is 0 Å². The number of hydrogen-bond donors (Lipinski definition) is 1. The molecule has 0 saturated carbocycles. The molecule has 92 valence electrons. The zero-order valence-corrected chi connectivity index (χ0v) is 11.4. The molecule has 0 aromatic carbocycles. The molecule has 0 rings (SSSR count). The predicted molar refractivity (Wildman–Crippen MR) is 69.3 cm³/mol. The van der Waals surface area contributed by atoms with Crippen molar-refractivity contribution >= 4 is 0 Å². The fraction of sp³-hybridized carbons (Fsp3) is 1.00. The van der Waals surface area contributed by atoms with E-state index >= 15 is 0 Å². The lowest BCUT2D eigenvalue weighted by Gasteiger charge is -2.33. The summed E-state index contributed by atoms with van der Waals surface area (Å²) in [5.74, 6) is 0. The quantitative estimate of drug-likeness (QED) is 0.635. The van der Waals surface area contributed by atoms with Crippen LogP contribution in [-0.2, 0) is 0 Å². The van der Waals surface area contributed by atoms with E-state index in [-0.39, 0.29) is 0 Å². The molecule has 2 heteroatoms. The molecule has 0 fully saturated rings. The third kappa shape index (κ3) is 6.91. The lowest BCUT2D eigenvalue weighted by atomic mass is 9.87. The van der Waals surface area contributed by atoms with Gasteiger partial charge in [0, 0.05) is 13.1 Å². The Labute approximate surface area is 96.4 Å². The fourth-order valence-corrected chi connectivity index (χ4v) is 1.88. The summed E-state index contributed by atoms with van der Waals surface area (Å²) in [4.78, 5) is 2.48. The zero-order chi connectivity index (χ0) is 11.7. The SMILES string of the molecule is CCCCN(C)CC(C)(CC)CNCC. The van der Waals surface area contributed by atoms with Gasteiger partial charge in [0.25, 0.3) is 0 Å². The van der Waals surface area contributed by atoms with E-state index < -0.39 is 0 Å². The molecule has 0 aliphatic heterocycles. The molecule has 0 aliphatic carbocycles. The van der Waals surface area contributed by atoms with Crippen LogP contribution < -0.4 is 5.32 Å². The van der Waals surface area contributed by atoms with Crippen molar-refractivity contribution in [1.82, 2.24) is 10.2 Å². The summed E-state index contributed by atoms with van der Waals surface area (Å²) in [6.45, 7) is 13.8. The summed E-state index contributed by atoms with van der Waals surface area (Å²) in [6, 6.07) is 0. The van der Waals surface area contributed by atoms with Crippen molar-refractivity contribution in [3.63, 3.8) is 0 Å². The van der Waals surface area contributed by atoms with E-state index in [0.717, 1.165) is 13.1 Å². The number of hydrogen-bond acceptors (Lipinski definition) is 2. The summed E-state index contributed by atoms with van der Waals surface area (Å²) >= 11 is 0. The molecular formula is C13H30N2. The van der Waals surface area contributed by atoms with Gasteiger partial charge in [-0.1, -0.05) is 34.1 Å². The van der Waals surface area contributed by atoms with E-state index in [2.05, 4.69) is 45.0 Å². The van der Waals surface area contributed by atoms with E-state index in [9.17, 15) is 0 Å². The minimum atomic E-state index is 0.429.